The van der Waals surface area contributed by atoms with Crippen LogP contribution in [0.4, 0.5) is 0 Å². The van der Waals surface area contributed by atoms with Crippen LogP contribution >= 0.6 is 0 Å². The molecular formula is C15H22N2O4. The van der Waals surface area contributed by atoms with Crippen molar-refractivity contribution in [2.24, 2.45) is 11.8 Å². The van der Waals surface area contributed by atoms with Gasteiger partial charge in [-0.3, -0.25) is 14.4 Å². The lowest BCUT2D eigenvalue weighted by Gasteiger charge is -2.25. The molecule has 0 radical (unpaired) electrons. The number of carboxylic acids is 1. The van der Waals surface area contributed by atoms with Crippen LogP contribution in [0.25, 0.3) is 0 Å². The number of aliphatic carboxylic acids is 1. The summed E-state index contributed by atoms with van der Waals surface area (Å²) in [4.78, 5) is 39.1. The molecule has 2 aliphatic heterocycles. The van der Waals surface area contributed by atoms with Crippen LogP contribution < -0.4 is 0 Å². The lowest BCUT2D eigenvalue weighted by atomic mass is 10.1. The van der Waals surface area contributed by atoms with E-state index in [1.54, 1.807) is 4.90 Å². The van der Waals surface area contributed by atoms with Gasteiger partial charge in [0.2, 0.25) is 11.8 Å². The zero-order valence-electron chi connectivity index (χ0n) is 12.2. The summed E-state index contributed by atoms with van der Waals surface area (Å²) < 4.78 is 0. The molecule has 0 aromatic carbocycles. The van der Waals surface area contributed by atoms with Crippen LogP contribution in [0.5, 0.6) is 0 Å². The second kappa shape index (κ2) is 5.66. The van der Waals surface area contributed by atoms with Gasteiger partial charge in [0.25, 0.3) is 0 Å². The maximum Gasteiger partial charge on any atom is 0.308 e. The number of rotatable bonds is 3. The van der Waals surface area contributed by atoms with E-state index in [9.17, 15) is 14.4 Å². The molecule has 0 spiro atoms. The summed E-state index contributed by atoms with van der Waals surface area (Å²) in [7, 11) is 0. The Hall–Kier alpha value is -1.59. The fourth-order valence-corrected chi connectivity index (χ4v) is 3.89. The average molecular weight is 294 g/mol. The number of hydrogen-bond donors (Lipinski definition) is 1. The van der Waals surface area contributed by atoms with Gasteiger partial charge in [0.05, 0.1) is 11.8 Å². The maximum atomic E-state index is 12.5. The van der Waals surface area contributed by atoms with E-state index in [1.165, 1.54) is 12.8 Å². The van der Waals surface area contributed by atoms with Gasteiger partial charge in [0.1, 0.15) is 0 Å². The van der Waals surface area contributed by atoms with Gasteiger partial charge in [-0.05, 0) is 19.3 Å². The van der Waals surface area contributed by atoms with Crippen LogP contribution in [0.1, 0.15) is 38.5 Å². The summed E-state index contributed by atoms with van der Waals surface area (Å²) in [5, 5.41) is 9.01. The molecule has 1 N–H and O–H groups in total. The first-order valence-corrected chi connectivity index (χ1v) is 7.87. The second-order valence-corrected chi connectivity index (χ2v) is 6.49. The molecule has 6 heteroatoms. The first kappa shape index (κ1) is 14.4. The first-order chi connectivity index (χ1) is 10.1. The summed E-state index contributed by atoms with van der Waals surface area (Å²) >= 11 is 0. The third-order valence-corrected chi connectivity index (χ3v) is 5.12. The van der Waals surface area contributed by atoms with Gasteiger partial charge in [-0.25, -0.2) is 0 Å². The highest BCUT2D eigenvalue weighted by molar-refractivity contribution is 5.90. The molecule has 2 amide bonds. The second-order valence-electron chi connectivity index (χ2n) is 6.49. The van der Waals surface area contributed by atoms with Crippen molar-refractivity contribution in [1.29, 1.82) is 0 Å². The minimum Gasteiger partial charge on any atom is -0.481 e. The van der Waals surface area contributed by atoms with E-state index in [1.807, 2.05) is 4.90 Å². The number of nitrogens with zero attached hydrogens (tertiary/aromatic N) is 2. The lowest BCUT2D eigenvalue weighted by molar-refractivity contribution is -0.141. The molecule has 3 fully saturated rings. The molecule has 1 saturated carbocycles. The Kier molecular flexibility index (Phi) is 3.87. The molecule has 0 unspecified atom stereocenters. The number of likely N-dealkylation sites (tertiary alicyclic amines) is 2. The van der Waals surface area contributed by atoms with Crippen molar-refractivity contribution in [2.45, 2.75) is 44.6 Å². The van der Waals surface area contributed by atoms with Crippen molar-refractivity contribution in [3.05, 3.63) is 0 Å². The number of amides is 2. The Morgan fingerprint density at radius 2 is 1.76 bits per heavy atom. The standard InChI is InChI=1S/C15H22N2O4/c18-13-7-11(9-17(13)12-3-1-2-4-12)14(19)16-6-5-10(8-16)15(20)21/h10-12H,1-9H2,(H,20,21)/t10-,11-/m1/s1. The van der Waals surface area contributed by atoms with Crippen LogP contribution in [0, 0.1) is 11.8 Å². The summed E-state index contributed by atoms with van der Waals surface area (Å²) in [5.41, 5.74) is 0. The third kappa shape index (κ3) is 2.76. The van der Waals surface area contributed by atoms with E-state index in [-0.39, 0.29) is 17.7 Å². The Balaban J connectivity index is 1.59. The van der Waals surface area contributed by atoms with Gasteiger partial charge in [0.15, 0.2) is 0 Å². The number of carbonyl (C=O) groups excluding carboxylic acids is 2. The summed E-state index contributed by atoms with van der Waals surface area (Å²) in [6.45, 7) is 1.32. The molecule has 0 aromatic rings. The van der Waals surface area contributed by atoms with Crippen molar-refractivity contribution in [1.82, 2.24) is 9.80 Å². The third-order valence-electron chi connectivity index (χ3n) is 5.12. The number of hydrogen-bond acceptors (Lipinski definition) is 3. The highest BCUT2D eigenvalue weighted by atomic mass is 16.4. The molecule has 3 aliphatic rings. The molecule has 2 heterocycles. The van der Waals surface area contributed by atoms with E-state index >= 15 is 0 Å². The minimum atomic E-state index is -0.833. The van der Waals surface area contributed by atoms with Crippen molar-refractivity contribution < 1.29 is 19.5 Å². The van der Waals surface area contributed by atoms with E-state index in [4.69, 9.17) is 5.11 Å². The molecule has 116 valence electrons. The summed E-state index contributed by atoms with van der Waals surface area (Å²) in [5.74, 6) is -1.50. The average Bonchev–Trinajstić information content (AvgIpc) is 3.18. The van der Waals surface area contributed by atoms with Crippen LogP contribution in [0.3, 0.4) is 0 Å². The summed E-state index contributed by atoms with van der Waals surface area (Å²) in [6.07, 6.45) is 5.26. The quantitative estimate of drug-likeness (QED) is 0.831. The topological polar surface area (TPSA) is 77.9 Å². The molecule has 6 nitrogen and oxygen atoms in total. The van der Waals surface area contributed by atoms with Gasteiger partial charge in [-0.2, -0.15) is 0 Å². The zero-order chi connectivity index (χ0) is 15.0. The summed E-state index contributed by atoms with van der Waals surface area (Å²) in [6, 6.07) is 0.320. The molecule has 3 rings (SSSR count). The normalized spacial score (nSPS) is 30.4. The molecule has 0 aromatic heterocycles. The van der Waals surface area contributed by atoms with Crippen LogP contribution in [-0.4, -0.2) is 58.4 Å². The largest absolute Gasteiger partial charge is 0.481 e. The smallest absolute Gasteiger partial charge is 0.308 e. The van der Waals surface area contributed by atoms with E-state index in [2.05, 4.69) is 0 Å². The van der Waals surface area contributed by atoms with Crippen LogP contribution in [-0.2, 0) is 14.4 Å². The fraction of sp³-hybridized carbons (Fsp3) is 0.800. The van der Waals surface area contributed by atoms with Crippen molar-refractivity contribution in [3.8, 4) is 0 Å². The van der Waals surface area contributed by atoms with Gasteiger partial charge < -0.3 is 14.9 Å². The maximum absolute atomic E-state index is 12.5. The monoisotopic (exact) mass is 294 g/mol. The molecule has 0 bridgehead atoms. The van der Waals surface area contributed by atoms with Crippen LogP contribution in [0.2, 0.25) is 0 Å². The molecular weight excluding hydrogens is 272 g/mol. The van der Waals surface area contributed by atoms with Gasteiger partial charge >= 0.3 is 5.97 Å². The van der Waals surface area contributed by atoms with Gasteiger partial charge in [-0.1, -0.05) is 12.8 Å². The predicted molar refractivity (Wildman–Crippen MR) is 74.4 cm³/mol. The van der Waals surface area contributed by atoms with Crippen molar-refractivity contribution in [3.63, 3.8) is 0 Å². The molecule has 21 heavy (non-hydrogen) atoms. The number of carbonyl (C=O) groups is 3. The van der Waals surface area contributed by atoms with E-state index in [0.717, 1.165) is 12.8 Å². The Morgan fingerprint density at radius 3 is 2.38 bits per heavy atom. The molecule has 2 saturated heterocycles. The van der Waals surface area contributed by atoms with Crippen molar-refractivity contribution in [2.75, 3.05) is 19.6 Å². The van der Waals surface area contributed by atoms with Crippen LogP contribution in [0.15, 0.2) is 0 Å². The highest BCUT2D eigenvalue weighted by Gasteiger charge is 2.42. The number of carboxylic acid groups (broad SMARTS) is 1. The Labute approximate surface area is 124 Å². The zero-order valence-corrected chi connectivity index (χ0v) is 12.2. The highest BCUT2D eigenvalue weighted by Crippen LogP contribution is 2.31. The van der Waals surface area contributed by atoms with Gasteiger partial charge in [0, 0.05) is 32.1 Å². The Morgan fingerprint density at radius 1 is 1.05 bits per heavy atom. The fourth-order valence-electron chi connectivity index (χ4n) is 3.89. The lowest BCUT2D eigenvalue weighted by Crippen LogP contribution is -2.38. The Bertz CT molecular complexity index is 459. The van der Waals surface area contributed by atoms with E-state index in [0.29, 0.717) is 38.5 Å². The van der Waals surface area contributed by atoms with Gasteiger partial charge in [-0.15, -0.1) is 0 Å². The molecule has 2 atom stereocenters. The minimum absolute atomic E-state index is 0.0346. The molecule has 1 aliphatic carbocycles. The van der Waals surface area contributed by atoms with E-state index < -0.39 is 11.9 Å². The van der Waals surface area contributed by atoms with Crippen molar-refractivity contribution >= 4 is 17.8 Å². The first-order valence-electron chi connectivity index (χ1n) is 7.87. The SMILES string of the molecule is O=C(O)[C@@H]1CCN(C(=O)[C@@H]2CC(=O)N(C3CCCC3)C2)C1. The predicted octanol–water partition coefficient (Wildman–Crippen LogP) is 0.711.